The van der Waals surface area contributed by atoms with Gasteiger partial charge in [-0.25, -0.2) is 4.98 Å². The topological polar surface area (TPSA) is 42.0 Å². The Morgan fingerprint density at radius 1 is 1.47 bits per heavy atom. The number of hydrogen-bond donors (Lipinski definition) is 1. The summed E-state index contributed by atoms with van der Waals surface area (Å²) in [5.74, 6) is 0.0606. The highest BCUT2D eigenvalue weighted by Gasteiger charge is 2.23. The lowest BCUT2D eigenvalue weighted by Gasteiger charge is -2.00. The molecule has 1 fully saturated rings. The van der Waals surface area contributed by atoms with Crippen molar-refractivity contribution in [3.05, 3.63) is 40.4 Å². The van der Waals surface area contributed by atoms with Gasteiger partial charge < -0.3 is 5.32 Å². The quantitative estimate of drug-likeness (QED) is 0.939. The molecule has 1 aromatic carbocycles. The van der Waals surface area contributed by atoms with E-state index >= 15 is 0 Å². The number of carbonyl (C=O) groups is 1. The molecule has 0 atom stereocenters. The van der Waals surface area contributed by atoms with E-state index in [0.717, 1.165) is 29.1 Å². The fraction of sp³-hybridized carbons (Fsp3) is 0.286. The van der Waals surface area contributed by atoms with Gasteiger partial charge in [0.2, 0.25) is 5.91 Å². The van der Waals surface area contributed by atoms with E-state index in [4.69, 9.17) is 11.6 Å². The van der Waals surface area contributed by atoms with Gasteiger partial charge in [0.15, 0.2) is 0 Å². The predicted molar refractivity (Wildman–Crippen MR) is 77.4 cm³/mol. The SMILES string of the molecule is O=C(Cc1csc(-c2cccc(Cl)c2)n1)NC1CC1. The van der Waals surface area contributed by atoms with Crippen LogP contribution in [0, 0.1) is 0 Å². The fourth-order valence-corrected chi connectivity index (χ4v) is 2.82. The summed E-state index contributed by atoms with van der Waals surface area (Å²) in [7, 11) is 0. The fourth-order valence-electron chi connectivity index (χ4n) is 1.81. The Labute approximate surface area is 120 Å². The van der Waals surface area contributed by atoms with E-state index in [1.807, 2.05) is 29.6 Å². The molecular weight excluding hydrogens is 280 g/mol. The van der Waals surface area contributed by atoms with Gasteiger partial charge in [-0.1, -0.05) is 23.7 Å². The minimum atomic E-state index is 0.0606. The summed E-state index contributed by atoms with van der Waals surface area (Å²) in [6.07, 6.45) is 2.57. The standard InChI is InChI=1S/C14H13ClN2OS/c15-10-3-1-2-9(6-10)14-17-12(8-19-14)7-13(18)16-11-4-5-11/h1-3,6,8,11H,4-5,7H2,(H,16,18). The summed E-state index contributed by atoms with van der Waals surface area (Å²) >= 11 is 7.50. The maximum atomic E-state index is 11.7. The Balaban J connectivity index is 1.70. The van der Waals surface area contributed by atoms with Gasteiger partial charge in [-0.15, -0.1) is 11.3 Å². The maximum absolute atomic E-state index is 11.7. The molecule has 5 heteroatoms. The average molecular weight is 293 g/mol. The summed E-state index contributed by atoms with van der Waals surface area (Å²) in [6.45, 7) is 0. The largest absolute Gasteiger partial charge is 0.353 e. The predicted octanol–water partition coefficient (Wildman–Crippen LogP) is 3.28. The molecule has 1 heterocycles. The average Bonchev–Trinajstić information content (AvgIpc) is 3.05. The Hall–Kier alpha value is -1.39. The minimum absolute atomic E-state index is 0.0606. The number of rotatable bonds is 4. The third kappa shape index (κ3) is 3.33. The van der Waals surface area contributed by atoms with Crippen molar-refractivity contribution >= 4 is 28.8 Å². The van der Waals surface area contributed by atoms with Crippen LogP contribution in [-0.2, 0) is 11.2 Å². The van der Waals surface area contributed by atoms with Gasteiger partial charge in [-0.2, -0.15) is 0 Å². The van der Waals surface area contributed by atoms with Crippen molar-refractivity contribution < 1.29 is 4.79 Å². The summed E-state index contributed by atoms with van der Waals surface area (Å²) in [5.41, 5.74) is 1.81. The van der Waals surface area contributed by atoms with E-state index in [1.165, 1.54) is 11.3 Å². The highest BCUT2D eigenvalue weighted by atomic mass is 35.5. The van der Waals surface area contributed by atoms with Crippen LogP contribution in [0.25, 0.3) is 10.6 Å². The molecule has 0 aliphatic heterocycles. The number of benzene rings is 1. The second kappa shape index (κ2) is 5.31. The van der Waals surface area contributed by atoms with E-state index in [1.54, 1.807) is 0 Å². The third-order valence-corrected chi connectivity index (χ3v) is 4.08. The number of carbonyl (C=O) groups excluding carboxylic acids is 1. The zero-order valence-corrected chi connectivity index (χ0v) is 11.8. The van der Waals surface area contributed by atoms with E-state index in [0.29, 0.717) is 17.5 Å². The highest BCUT2D eigenvalue weighted by Crippen LogP contribution is 2.26. The minimum Gasteiger partial charge on any atom is -0.353 e. The van der Waals surface area contributed by atoms with Crippen molar-refractivity contribution in [3.8, 4) is 10.6 Å². The molecule has 98 valence electrons. The van der Waals surface area contributed by atoms with Crippen molar-refractivity contribution in [2.24, 2.45) is 0 Å². The van der Waals surface area contributed by atoms with Crippen LogP contribution in [0.3, 0.4) is 0 Å². The Morgan fingerprint density at radius 2 is 2.32 bits per heavy atom. The van der Waals surface area contributed by atoms with Crippen molar-refractivity contribution in [3.63, 3.8) is 0 Å². The zero-order valence-electron chi connectivity index (χ0n) is 10.2. The van der Waals surface area contributed by atoms with E-state index < -0.39 is 0 Å². The first kappa shape index (κ1) is 12.6. The second-order valence-corrected chi connectivity index (χ2v) is 5.97. The molecule has 1 aliphatic carbocycles. The number of amides is 1. The van der Waals surface area contributed by atoms with Crippen LogP contribution in [0.2, 0.25) is 5.02 Å². The van der Waals surface area contributed by atoms with E-state index in [-0.39, 0.29) is 5.91 Å². The van der Waals surface area contributed by atoms with Crippen molar-refractivity contribution in [1.82, 2.24) is 10.3 Å². The number of nitrogens with one attached hydrogen (secondary N) is 1. The molecule has 0 unspecified atom stereocenters. The van der Waals surface area contributed by atoms with E-state index in [2.05, 4.69) is 10.3 Å². The lowest BCUT2D eigenvalue weighted by molar-refractivity contribution is -0.120. The number of thiazole rings is 1. The number of nitrogens with zero attached hydrogens (tertiary/aromatic N) is 1. The number of hydrogen-bond acceptors (Lipinski definition) is 3. The van der Waals surface area contributed by atoms with Crippen LogP contribution in [-0.4, -0.2) is 16.9 Å². The lowest BCUT2D eigenvalue weighted by atomic mass is 10.2. The van der Waals surface area contributed by atoms with Crippen molar-refractivity contribution in [2.45, 2.75) is 25.3 Å². The van der Waals surface area contributed by atoms with Crippen LogP contribution in [0.5, 0.6) is 0 Å². The molecule has 0 spiro atoms. The van der Waals surface area contributed by atoms with Gasteiger partial charge in [0, 0.05) is 22.0 Å². The molecule has 1 saturated carbocycles. The Morgan fingerprint density at radius 3 is 3.05 bits per heavy atom. The summed E-state index contributed by atoms with van der Waals surface area (Å²) in [6, 6.07) is 7.99. The Kier molecular flexibility index (Phi) is 3.53. The summed E-state index contributed by atoms with van der Waals surface area (Å²) < 4.78 is 0. The molecule has 0 radical (unpaired) electrons. The van der Waals surface area contributed by atoms with Gasteiger partial charge >= 0.3 is 0 Å². The van der Waals surface area contributed by atoms with Crippen LogP contribution in [0.15, 0.2) is 29.6 Å². The molecule has 19 heavy (non-hydrogen) atoms. The molecule has 1 N–H and O–H groups in total. The second-order valence-electron chi connectivity index (χ2n) is 4.67. The van der Waals surface area contributed by atoms with Crippen molar-refractivity contribution in [2.75, 3.05) is 0 Å². The number of halogens is 1. The van der Waals surface area contributed by atoms with Crippen LogP contribution in [0.4, 0.5) is 0 Å². The molecule has 2 aromatic rings. The third-order valence-electron chi connectivity index (χ3n) is 2.91. The molecule has 3 rings (SSSR count). The number of aromatic nitrogens is 1. The van der Waals surface area contributed by atoms with Gasteiger partial charge in [-0.3, -0.25) is 4.79 Å². The first-order chi connectivity index (χ1) is 9.20. The first-order valence-electron chi connectivity index (χ1n) is 6.20. The Bertz CT molecular complexity index is 607. The lowest BCUT2D eigenvalue weighted by Crippen LogP contribution is -2.27. The maximum Gasteiger partial charge on any atom is 0.226 e. The molecule has 0 bridgehead atoms. The van der Waals surface area contributed by atoms with Crippen LogP contribution < -0.4 is 5.32 Å². The molecular formula is C14H13ClN2OS. The zero-order chi connectivity index (χ0) is 13.2. The smallest absolute Gasteiger partial charge is 0.226 e. The van der Waals surface area contributed by atoms with Gasteiger partial charge in [-0.05, 0) is 25.0 Å². The molecule has 0 saturated heterocycles. The molecule has 1 amide bonds. The molecule has 3 nitrogen and oxygen atoms in total. The normalized spacial score (nSPS) is 14.4. The van der Waals surface area contributed by atoms with Crippen LogP contribution in [0.1, 0.15) is 18.5 Å². The van der Waals surface area contributed by atoms with E-state index in [9.17, 15) is 4.79 Å². The summed E-state index contributed by atoms with van der Waals surface area (Å²) in [4.78, 5) is 16.2. The monoisotopic (exact) mass is 292 g/mol. The highest BCUT2D eigenvalue weighted by molar-refractivity contribution is 7.13. The van der Waals surface area contributed by atoms with Gasteiger partial charge in [0.25, 0.3) is 0 Å². The van der Waals surface area contributed by atoms with Gasteiger partial charge in [0.1, 0.15) is 5.01 Å². The van der Waals surface area contributed by atoms with Gasteiger partial charge in [0.05, 0.1) is 12.1 Å². The van der Waals surface area contributed by atoms with Crippen molar-refractivity contribution in [1.29, 1.82) is 0 Å². The summed E-state index contributed by atoms with van der Waals surface area (Å²) in [5, 5.41) is 6.49. The molecule has 1 aliphatic rings. The first-order valence-corrected chi connectivity index (χ1v) is 7.46. The molecule has 1 aromatic heterocycles. The van der Waals surface area contributed by atoms with Crippen LogP contribution >= 0.6 is 22.9 Å².